The van der Waals surface area contributed by atoms with Gasteiger partial charge in [0, 0.05) is 5.02 Å². The molecule has 0 atom stereocenters. The van der Waals surface area contributed by atoms with Crippen molar-refractivity contribution in [3.8, 4) is 5.75 Å². The Morgan fingerprint density at radius 2 is 1.84 bits per heavy atom. The Labute approximate surface area is 121 Å². The van der Waals surface area contributed by atoms with Crippen molar-refractivity contribution in [2.75, 3.05) is 0 Å². The second-order valence-corrected chi connectivity index (χ2v) is 4.97. The molecule has 4 heteroatoms. The van der Waals surface area contributed by atoms with Crippen LogP contribution in [0.4, 0.5) is 0 Å². The second-order valence-electron chi connectivity index (χ2n) is 4.19. The summed E-state index contributed by atoms with van der Waals surface area (Å²) in [5.74, 6) is 0.435. The van der Waals surface area contributed by atoms with Crippen molar-refractivity contribution in [1.82, 2.24) is 0 Å². The number of ether oxygens (including phenoxy) is 1. The summed E-state index contributed by atoms with van der Waals surface area (Å²) in [7, 11) is 0. The van der Waals surface area contributed by atoms with Crippen LogP contribution < -0.4 is 4.74 Å². The number of aryl methyl sites for hydroxylation is 1. The summed E-state index contributed by atoms with van der Waals surface area (Å²) in [6.07, 6.45) is 0. The van der Waals surface area contributed by atoms with E-state index >= 15 is 0 Å². The van der Waals surface area contributed by atoms with Crippen LogP contribution in [0.2, 0.25) is 5.02 Å². The highest BCUT2D eigenvalue weighted by molar-refractivity contribution is 6.68. The average Bonchev–Trinajstić information content (AvgIpc) is 2.39. The highest BCUT2D eigenvalue weighted by Gasteiger charge is 2.11. The first-order valence-corrected chi connectivity index (χ1v) is 6.49. The van der Waals surface area contributed by atoms with E-state index in [1.54, 1.807) is 12.1 Å². The summed E-state index contributed by atoms with van der Waals surface area (Å²) < 4.78 is 5.62. The van der Waals surface area contributed by atoms with Gasteiger partial charge in [-0.1, -0.05) is 41.4 Å². The van der Waals surface area contributed by atoms with E-state index in [9.17, 15) is 4.79 Å². The lowest BCUT2D eigenvalue weighted by molar-refractivity contribution is 0.107. The van der Waals surface area contributed by atoms with Crippen LogP contribution in [0.3, 0.4) is 0 Å². The molecule has 2 aromatic carbocycles. The van der Waals surface area contributed by atoms with Gasteiger partial charge in [-0.2, -0.15) is 0 Å². The maximum absolute atomic E-state index is 11.3. The average molecular weight is 295 g/mol. The first-order chi connectivity index (χ1) is 9.06. The summed E-state index contributed by atoms with van der Waals surface area (Å²) >= 11 is 11.3. The third-order valence-electron chi connectivity index (χ3n) is 2.67. The van der Waals surface area contributed by atoms with Gasteiger partial charge in [-0.3, -0.25) is 4.79 Å². The van der Waals surface area contributed by atoms with E-state index in [0.29, 0.717) is 17.4 Å². The van der Waals surface area contributed by atoms with Gasteiger partial charge in [0.2, 0.25) is 0 Å². The quantitative estimate of drug-likeness (QED) is 0.770. The highest BCUT2D eigenvalue weighted by Crippen LogP contribution is 2.25. The fourth-order valence-corrected chi connectivity index (χ4v) is 1.95. The summed E-state index contributed by atoms with van der Waals surface area (Å²) in [6.45, 7) is 2.40. The predicted octanol–water partition coefficient (Wildman–Crippen LogP) is 4.61. The highest BCUT2D eigenvalue weighted by atomic mass is 35.5. The Bertz CT molecular complexity index is 592. The van der Waals surface area contributed by atoms with Crippen LogP contribution in [0.1, 0.15) is 21.5 Å². The van der Waals surface area contributed by atoms with Gasteiger partial charge in [-0.05, 0) is 42.3 Å². The van der Waals surface area contributed by atoms with Crippen molar-refractivity contribution in [1.29, 1.82) is 0 Å². The van der Waals surface area contributed by atoms with Gasteiger partial charge in [-0.25, -0.2) is 0 Å². The molecule has 2 aromatic rings. The van der Waals surface area contributed by atoms with Crippen molar-refractivity contribution in [2.45, 2.75) is 13.5 Å². The molecule has 0 amide bonds. The van der Waals surface area contributed by atoms with Crippen molar-refractivity contribution >= 4 is 28.4 Å². The van der Waals surface area contributed by atoms with E-state index in [4.69, 9.17) is 27.9 Å². The van der Waals surface area contributed by atoms with Crippen LogP contribution in [-0.2, 0) is 6.61 Å². The number of hydrogen-bond acceptors (Lipinski definition) is 2. The van der Waals surface area contributed by atoms with Crippen LogP contribution in [0.25, 0.3) is 0 Å². The predicted molar refractivity (Wildman–Crippen MR) is 77.1 cm³/mol. The minimum absolute atomic E-state index is 0.279. The molecule has 0 saturated carbocycles. The molecule has 19 heavy (non-hydrogen) atoms. The fraction of sp³-hybridized carbons (Fsp3) is 0.133. The van der Waals surface area contributed by atoms with Crippen molar-refractivity contribution < 1.29 is 9.53 Å². The molecule has 0 radical (unpaired) electrons. The molecule has 0 aliphatic heterocycles. The monoisotopic (exact) mass is 294 g/mol. The van der Waals surface area contributed by atoms with Crippen molar-refractivity contribution in [3.05, 3.63) is 64.2 Å². The molecule has 0 unspecified atom stereocenters. The molecule has 0 spiro atoms. The molecule has 0 N–H and O–H groups in total. The number of carbonyl (C=O) groups is 1. The molecule has 0 aromatic heterocycles. The lowest BCUT2D eigenvalue weighted by Gasteiger charge is -2.09. The molecule has 0 heterocycles. The maximum atomic E-state index is 11.3. The van der Waals surface area contributed by atoms with Crippen molar-refractivity contribution in [2.24, 2.45) is 0 Å². The molecule has 2 rings (SSSR count). The van der Waals surface area contributed by atoms with Crippen LogP contribution in [-0.4, -0.2) is 5.24 Å². The van der Waals surface area contributed by atoms with Crippen LogP contribution in [0.15, 0.2) is 42.5 Å². The van der Waals surface area contributed by atoms with E-state index in [-0.39, 0.29) is 5.56 Å². The Hall–Kier alpha value is -1.51. The van der Waals surface area contributed by atoms with Crippen LogP contribution in [0, 0.1) is 6.92 Å². The minimum Gasteiger partial charge on any atom is -0.488 e. The lowest BCUT2D eigenvalue weighted by Crippen LogP contribution is -2.00. The van der Waals surface area contributed by atoms with Gasteiger partial charge < -0.3 is 4.74 Å². The fourth-order valence-electron chi connectivity index (χ4n) is 1.63. The van der Waals surface area contributed by atoms with Gasteiger partial charge in [-0.15, -0.1) is 0 Å². The standard InChI is InChI=1S/C15H12Cl2O2/c1-10-2-4-11(5-3-10)9-19-14-7-6-12(16)8-13(14)15(17)18/h2-8H,9H2,1H3. The number of hydrogen-bond donors (Lipinski definition) is 0. The Balaban J connectivity index is 2.15. The molecule has 0 aliphatic carbocycles. The van der Waals surface area contributed by atoms with E-state index in [1.165, 1.54) is 11.6 Å². The first kappa shape index (κ1) is 13.9. The molecule has 0 bridgehead atoms. The molecule has 0 fully saturated rings. The normalized spacial score (nSPS) is 10.3. The van der Waals surface area contributed by atoms with Gasteiger partial charge >= 0.3 is 0 Å². The van der Waals surface area contributed by atoms with Gasteiger partial charge in [0.25, 0.3) is 5.24 Å². The summed E-state index contributed by atoms with van der Waals surface area (Å²) in [4.78, 5) is 11.3. The summed E-state index contributed by atoms with van der Waals surface area (Å²) in [5.41, 5.74) is 2.49. The molecular weight excluding hydrogens is 283 g/mol. The van der Waals surface area contributed by atoms with E-state index < -0.39 is 5.24 Å². The SMILES string of the molecule is Cc1ccc(COc2ccc(Cl)cc2C(=O)Cl)cc1. The zero-order valence-electron chi connectivity index (χ0n) is 10.3. The van der Waals surface area contributed by atoms with Gasteiger partial charge in [0.05, 0.1) is 5.56 Å². The van der Waals surface area contributed by atoms with Gasteiger partial charge in [0.1, 0.15) is 12.4 Å². The van der Waals surface area contributed by atoms with E-state index in [0.717, 1.165) is 5.56 Å². The van der Waals surface area contributed by atoms with Crippen molar-refractivity contribution in [3.63, 3.8) is 0 Å². The second kappa shape index (κ2) is 6.09. The maximum Gasteiger partial charge on any atom is 0.256 e. The van der Waals surface area contributed by atoms with E-state index in [1.807, 2.05) is 31.2 Å². The Morgan fingerprint density at radius 3 is 2.47 bits per heavy atom. The molecule has 0 saturated heterocycles. The van der Waals surface area contributed by atoms with Crippen LogP contribution >= 0.6 is 23.2 Å². The largest absolute Gasteiger partial charge is 0.488 e. The third kappa shape index (κ3) is 3.72. The third-order valence-corrected chi connectivity index (χ3v) is 3.11. The zero-order chi connectivity index (χ0) is 13.8. The minimum atomic E-state index is -0.582. The number of benzene rings is 2. The zero-order valence-corrected chi connectivity index (χ0v) is 11.8. The van der Waals surface area contributed by atoms with Crippen LogP contribution in [0.5, 0.6) is 5.75 Å². The molecule has 0 aliphatic rings. The summed E-state index contributed by atoms with van der Waals surface area (Å²) in [6, 6.07) is 12.8. The smallest absolute Gasteiger partial charge is 0.256 e. The Kier molecular flexibility index (Phi) is 4.46. The number of halogens is 2. The molecular formula is C15H12Cl2O2. The summed E-state index contributed by atoms with van der Waals surface area (Å²) in [5, 5.41) is -0.131. The molecule has 2 nitrogen and oxygen atoms in total. The van der Waals surface area contributed by atoms with Gasteiger partial charge in [0.15, 0.2) is 0 Å². The van der Waals surface area contributed by atoms with E-state index in [2.05, 4.69) is 0 Å². The lowest BCUT2D eigenvalue weighted by atomic mass is 10.1. The molecule has 98 valence electrons. The Morgan fingerprint density at radius 1 is 1.16 bits per heavy atom. The topological polar surface area (TPSA) is 26.3 Å². The number of carbonyl (C=O) groups excluding carboxylic acids is 1. The first-order valence-electron chi connectivity index (χ1n) is 5.74. The number of rotatable bonds is 4.